The van der Waals surface area contributed by atoms with Gasteiger partial charge in [0.15, 0.2) is 17.6 Å². The van der Waals surface area contributed by atoms with Crippen LogP contribution in [0.5, 0.6) is 17.2 Å². The SMILES string of the molecule is NCC(Oc1ccc2c(c1)OCO2)c1ccco1. The Kier molecular flexibility index (Phi) is 2.82. The number of fused-ring (bicyclic) bond motifs is 1. The Hall–Kier alpha value is -2.14. The van der Waals surface area contributed by atoms with Gasteiger partial charge in [0.25, 0.3) is 0 Å². The summed E-state index contributed by atoms with van der Waals surface area (Å²) in [5.74, 6) is 2.79. The Labute approximate surface area is 104 Å². The average Bonchev–Trinajstić information content (AvgIpc) is 3.06. The first-order valence-electron chi connectivity index (χ1n) is 5.66. The van der Waals surface area contributed by atoms with Crippen molar-refractivity contribution in [1.82, 2.24) is 0 Å². The van der Waals surface area contributed by atoms with Crippen LogP contribution >= 0.6 is 0 Å². The van der Waals surface area contributed by atoms with Crippen LogP contribution in [0.2, 0.25) is 0 Å². The molecule has 18 heavy (non-hydrogen) atoms. The second-order valence-electron chi connectivity index (χ2n) is 3.87. The molecule has 0 saturated heterocycles. The average molecular weight is 247 g/mol. The van der Waals surface area contributed by atoms with E-state index in [0.29, 0.717) is 23.8 Å². The van der Waals surface area contributed by atoms with Crippen molar-refractivity contribution in [3.8, 4) is 17.2 Å². The van der Waals surface area contributed by atoms with Gasteiger partial charge in [0.2, 0.25) is 6.79 Å². The molecule has 2 heterocycles. The van der Waals surface area contributed by atoms with E-state index in [1.54, 1.807) is 18.4 Å². The predicted octanol–water partition coefficient (Wildman–Crippen LogP) is 2.09. The lowest BCUT2D eigenvalue weighted by atomic mass is 10.2. The second kappa shape index (κ2) is 4.62. The highest BCUT2D eigenvalue weighted by Gasteiger charge is 2.18. The summed E-state index contributed by atoms with van der Waals surface area (Å²) in [4.78, 5) is 0. The van der Waals surface area contributed by atoms with Gasteiger partial charge in [0, 0.05) is 12.6 Å². The molecule has 2 aromatic rings. The van der Waals surface area contributed by atoms with Crippen molar-refractivity contribution in [2.75, 3.05) is 13.3 Å². The maximum absolute atomic E-state index is 5.78. The first kappa shape index (κ1) is 11.0. The van der Waals surface area contributed by atoms with Gasteiger partial charge in [-0.2, -0.15) is 0 Å². The Morgan fingerprint density at radius 2 is 2.11 bits per heavy atom. The topological polar surface area (TPSA) is 66.9 Å². The summed E-state index contributed by atoms with van der Waals surface area (Å²) in [6, 6.07) is 9.06. The van der Waals surface area contributed by atoms with E-state index >= 15 is 0 Å². The van der Waals surface area contributed by atoms with E-state index < -0.39 is 0 Å². The van der Waals surface area contributed by atoms with Crippen molar-refractivity contribution in [3.63, 3.8) is 0 Å². The Morgan fingerprint density at radius 3 is 2.89 bits per heavy atom. The zero-order chi connectivity index (χ0) is 12.4. The van der Waals surface area contributed by atoms with Crippen molar-refractivity contribution in [3.05, 3.63) is 42.4 Å². The number of ether oxygens (including phenoxy) is 3. The summed E-state index contributed by atoms with van der Waals surface area (Å²) in [5.41, 5.74) is 5.68. The van der Waals surface area contributed by atoms with Gasteiger partial charge in [-0.05, 0) is 24.3 Å². The molecule has 1 unspecified atom stereocenters. The molecule has 1 aliphatic rings. The van der Waals surface area contributed by atoms with Crippen LogP contribution in [-0.4, -0.2) is 13.3 Å². The number of hydrogen-bond acceptors (Lipinski definition) is 5. The highest BCUT2D eigenvalue weighted by molar-refractivity contribution is 5.47. The largest absolute Gasteiger partial charge is 0.481 e. The molecule has 0 saturated carbocycles. The smallest absolute Gasteiger partial charge is 0.231 e. The first-order valence-corrected chi connectivity index (χ1v) is 5.66. The summed E-state index contributed by atoms with van der Waals surface area (Å²) in [6.45, 7) is 0.583. The molecule has 0 radical (unpaired) electrons. The molecule has 0 spiro atoms. The predicted molar refractivity (Wildman–Crippen MR) is 63.7 cm³/mol. The summed E-state index contributed by atoms with van der Waals surface area (Å²) >= 11 is 0. The van der Waals surface area contributed by atoms with E-state index in [0.717, 1.165) is 5.75 Å². The minimum Gasteiger partial charge on any atom is -0.481 e. The fourth-order valence-electron chi connectivity index (χ4n) is 1.81. The Bertz CT molecular complexity index is 524. The lowest BCUT2D eigenvalue weighted by molar-refractivity contribution is 0.172. The number of furan rings is 1. The maximum atomic E-state index is 5.78. The Balaban J connectivity index is 1.79. The van der Waals surface area contributed by atoms with Crippen LogP contribution in [0.3, 0.4) is 0 Å². The van der Waals surface area contributed by atoms with E-state index in [-0.39, 0.29) is 12.9 Å². The molecular weight excluding hydrogens is 234 g/mol. The quantitative estimate of drug-likeness (QED) is 0.896. The third kappa shape index (κ3) is 2.00. The summed E-state index contributed by atoms with van der Waals surface area (Å²) in [7, 11) is 0. The van der Waals surface area contributed by atoms with Crippen LogP contribution in [0.4, 0.5) is 0 Å². The summed E-state index contributed by atoms with van der Waals surface area (Å²) in [6.07, 6.45) is 1.29. The number of rotatable bonds is 4. The van der Waals surface area contributed by atoms with Crippen LogP contribution in [0.25, 0.3) is 0 Å². The van der Waals surface area contributed by atoms with Gasteiger partial charge >= 0.3 is 0 Å². The molecule has 1 aromatic carbocycles. The molecule has 5 heteroatoms. The highest BCUT2D eigenvalue weighted by atomic mass is 16.7. The first-order chi connectivity index (χ1) is 8.86. The van der Waals surface area contributed by atoms with Gasteiger partial charge in [-0.1, -0.05) is 0 Å². The van der Waals surface area contributed by atoms with Crippen molar-refractivity contribution in [1.29, 1.82) is 0 Å². The minimum absolute atomic E-state index is 0.247. The highest BCUT2D eigenvalue weighted by Crippen LogP contribution is 2.36. The van der Waals surface area contributed by atoms with E-state index in [2.05, 4.69) is 0 Å². The van der Waals surface area contributed by atoms with Crippen LogP contribution in [-0.2, 0) is 0 Å². The Morgan fingerprint density at radius 1 is 1.22 bits per heavy atom. The molecule has 1 atom stereocenters. The number of hydrogen-bond donors (Lipinski definition) is 1. The van der Waals surface area contributed by atoms with E-state index in [1.165, 1.54) is 0 Å². The molecule has 1 aliphatic heterocycles. The van der Waals surface area contributed by atoms with E-state index in [4.69, 9.17) is 24.4 Å². The van der Waals surface area contributed by atoms with Crippen LogP contribution < -0.4 is 19.9 Å². The van der Waals surface area contributed by atoms with Crippen molar-refractivity contribution in [2.24, 2.45) is 5.73 Å². The van der Waals surface area contributed by atoms with Gasteiger partial charge < -0.3 is 24.4 Å². The molecule has 0 amide bonds. The van der Waals surface area contributed by atoms with E-state index in [9.17, 15) is 0 Å². The fraction of sp³-hybridized carbons (Fsp3) is 0.231. The zero-order valence-electron chi connectivity index (χ0n) is 9.67. The normalized spacial score (nSPS) is 14.5. The maximum Gasteiger partial charge on any atom is 0.231 e. The van der Waals surface area contributed by atoms with Gasteiger partial charge in [-0.3, -0.25) is 0 Å². The van der Waals surface area contributed by atoms with Gasteiger partial charge in [-0.15, -0.1) is 0 Å². The van der Waals surface area contributed by atoms with Crippen LogP contribution in [0.15, 0.2) is 41.0 Å². The zero-order valence-corrected chi connectivity index (χ0v) is 9.67. The van der Waals surface area contributed by atoms with Crippen LogP contribution in [0, 0.1) is 0 Å². The molecule has 94 valence electrons. The molecule has 5 nitrogen and oxygen atoms in total. The molecule has 0 bridgehead atoms. The molecule has 0 aliphatic carbocycles. The van der Waals surface area contributed by atoms with Gasteiger partial charge in [0.1, 0.15) is 11.5 Å². The summed E-state index contributed by atoms with van der Waals surface area (Å²) in [5, 5.41) is 0. The number of benzene rings is 1. The molecule has 1 aromatic heterocycles. The number of nitrogens with two attached hydrogens (primary N) is 1. The third-order valence-corrected chi connectivity index (χ3v) is 2.70. The van der Waals surface area contributed by atoms with Gasteiger partial charge in [0.05, 0.1) is 6.26 Å². The van der Waals surface area contributed by atoms with Crippen molar-refractivity contribution < 1.29 is 18.6 Å². The standard InChI is InChI=1S/C13H13NO4/c14-7-13(10-2-1-5-15-10)18-9-3-4-11-12(6-9)17-8-16-11/h1-6,13H,7-8,14H2. The molecular formula is C13H13NO4. The molecule has 0 fully saturated rings. The molecule has 2 N–H and O–H groups in total. The van der Waals surface area contributed by atoms with E-state index in [1.807, 2.05) is 18.2 Å². The lowest BCUT2D eigenvalue weighted by Gasteiger charge is -2.15. The second-order valence-corrected chi connectivity index (χ2v) is 3.87. The monoisotopic (exact) mass is 247 g/mol. The van der Waals surface area contributed by atoms with Crippen LogP contribution in [0.1, 0.15) is 11.9 Å². The van der Waals surface area contributed by atoms with Crippen molar-refractivity contribution in [2.45, 2.75) is 6.10 Å². The lowest BCUT2D eigenvalue weighted by Crippen LogP contribution is -2.17. The molecule has 3 rings (SSSR count). The fourth-order valence-corrected chi connectivity index (χ4v) is 1.81. The van der Waals surface area contributed by atoms with Gasteiger partial charge in [-0.25, -0.2) is 0 Å². The van der Waals surface area contributed by atoms with Crippen molar-refractivity contribution >= 4 is 0 Å². The summed E-state index contributed by atoms with van der Waals surface area (Å²) < 4.78 is 21.6. The minimum atomic E-state index is -0.305. The third-order valence-electron chi connectivity index (χ3n) is 2.70.